The van der Waals surface area contributed by atoms with E-state index >= 15 is 0 Å². The van der Waals surface area contributed by atoms with Gasteiger partial charge in [-0.25, -0.2) is 0 Å². The van der Waals surface area contributed by atoms with Crippen molar-refractivity contribution in [3.05, 3.63) is 192 Å². The number of nitriles is 2. The number of fused-ring (bicyclic) bond motifs is 6. The van der Waals surface area contributed by atoms with Gasteiger partial charge in [0.2, 0.25) is 0 Å². The maximum atomic E-state index is 11.1. The molecular formula is C52H34N4. The van der Waals surface area contributed by atoms with E-state index in [4.69, 9.17) is 0 Å². The third kappa shape index (κ3) is 5.12. The monoisotopic (exact) mass is 714 g/mol. The van der Waals surface area contributed by atoms with Crippen molar-refractivity contribution < 1.29 is 0 Å². The van der Waals surface area contributed by atoms with Crippen LogP contribution in [-0.4, -0.2) is 9.13 Å². The molecule has 0 spiro atoms. The number of aromatic nitrogens is 2. The van der Waals surface area contributed by atoms with E-state index in [0.717, 1.165) is 77.2 Å². The summed E-state index contributed by atoms with van der Waals surface area (Å²) in [5.74, 6) is 0. The number of nitrogens with zero attached hydrogens (tertiary/aromatic N) is 4. The Balaban J connectivity index is 1.32. The zero-order valence-corrected chi connectivity index (χ0v) is 31.0. The van der Waals surface area contributed by atoms with Gasteiger partial charge in [-0.3, -0.25) is 0 Å². The minimum Gasteiger partial charge on any atom is -0.309 e. The molecule has 2 aromatic heterocycles. The van der Waals surface area contributed by atoms with Crippen LogP contribution in [0.25, 0.3) is 88.4 Å². The lowest BCUT2D eigenvalue weighted by Crippen LogP contribution is -2.04. The Morgan fingerprint density at radius 3 is 1.43 bits per heavy atom. The van der Waals surface area contributed by atoms with E-state index in [0.29, 0.717) is 11.1 Å². The van der Waals surface area contributed by atoms with E-state index in [1.165, 1.54) is 22.3 Å². The van der Waals surface area contributed by atoms with Crippen LogP contribution in [0.3, 0.4) is 0 Å². The molecule has 4 heteroatoms. The number of rotatable bonds is 5. The predicted molar refractivity (Wildman–Crippen MR) is 230 cm³/mol. The zero-order chi connectivity index (χ0) is 37.9. The lowest BCUT2D eigenvalue weighted by Gasteiger charge is -2.19. The van der Waals surface area contributed by atoms with Crippen molar-refractivity contribution in [3.63, 3.8) is 0 Å². The Morgan fingerprint density at radius 2 is 0.875 bits per heavy atom. The van der Waals surface area contributed by atoms with E-state index in [-0.39, 0.29) is 0 Å². The van der Waals surface area contributed by atoms with Crippen molar-refractivity contribution in [3.8, 4) is 56.9 Å². The second-order valence-electron chi connectivity index (χ2n) is 14.5. The van der Waals surface area contributed by atoms with Gasteiger partial charge in [-0.05, 0) is 101 Å². The molecule has 0 aliphatic carbocycles. The van der Waals surface area contributed by atoms with Gasteiger partial charge in [-0.15, -0.1) is 0 Å². The van der Waals surface area contributed by atoms with Crippen molar-refractivity contribution in [2.45, 2.75) is 13.8 Å². The van der Waals surface area contributed by atoms with Gasteiger partial charge in [0.05, 0.1) is 50.6 Å². The number of para-hydroxylation sites is 2. The average Bonchev–Trinajstić information content (AvgIpc) is 3.75. The highest BCUT2D eigenvalue weighted by molar-refractivity contribution is 6.12. The molecule has 8 aromatic carbocycles. The number of aryl methyl sites for hydroxylation is 2. The summed E-state index contributed by atoms with van der Waals surface area (Å²) in [6.07, 6.45) is 0. The van der Waals surface area contributed by atoms with E-state index in [1.54, 1.807) is 0 Å². The summed E-state index contributed by atoms with van der Waals surface area (Å²) >= 11 is 0. The number of hydrogen-bond acceptors (Lipinski definition) is 2. The molecule has 0 aliphatic heterocycles. The fraction of sp³-hybridized carbons (Fsp3) is 0.0385. The lowest BCUT2D eigenvalue weighted by molar-refractivity contribution is 1.14. The molecule has 0 saturated heterocycles. The normalized spacial score (nSPS) is 11.4. The Labute approximate surface area is 325 Å². The molecule has 0 atom stereocenters. The van der Waals surface area contributed by atoms with E-state index in [1.807, 2.05) is 24.3 Å². The minimum atomic E-state index is 0.546. The Bertz CT molecular complexity index is 3310. The van der Waals surface area contributed by atoms with E-state index in [9.17, 15) is 10.5 Å². The lowest BCUT2D eigenvalue weighted by atomic mass is 9.97. The molecule has 4 nitrogen and oxygen atoms in total. The average molecular weight is 715 g/mol. The summed E-state index contributed by atoms with van der Waals surface area (Å²) in [6, 6.07) is 64.1. The van der Waals surface area contributed by atoms with Gasteiger partial charge >= 0.3 is 0 Å². The van der Waals surface area contributed by atoms with Crippen LogP contribution in [-0.2, 0) is 0 Å². The van der Waals surface area contributed by atoms with Gasteiger partial charge < -0.3 is 9.13 Å². The van der Waals surface area contributed by atoms with Crippen LogP contribution in [0, 0.1) is 36.5 Å². The van der Waals surface area contributed by atoms with Crippen LogP contribution < -0.4 is 0 Å². The third-order valence-corrected chi connectivity index (χ3v) is 11.3. The fourth-order valence-corrected chi connectivity index (χ4v) is 8.61. The largest absolute Gasteiger partial charge is 0.309 e. The first kappa shape index (κ1) is 32.9. The third-order valence-electron chi connectivity index (χ3n) is 11.3. The molecule has 56 heavy (non-hydrogen) atoms. The first-order valence-electron chi connectivity index (χ1n) is 18.8. The Hall–Kier alpha value is -7.66. The molecule has 2 heterocycles. The van der Waals surface area contributed by atoms with Crippen LogP contribution in [0.4, 0.5) is 0 Å². The molecular weight excluding hydrogens is 681 g/mol. The highest BCUT2D eigenvalue weighted by Gasteiger charge is 2.22. The predicted octanol–water partition coefficient (Wildman–Crippen LogP) is 13.2. The van der Waals surface area contributed by atoms with Gasteiger partial charge in [0.15, 0.2) is 0 Å². The van der Waals surface area contributed by atoms with E-state index < -0.39 is 0 Å². The van der Waals surface area contributed by atoms with Crippen LogP contribution >= 0.6 is 0 Å². The number of benzene rings is 8. The zero-order valence-electron chi connectivity index (χ0n) is 31.0. The molecule has 0 unspecified atom stereocenters. The van der Waals surface area contributed by atoms with Crippen molar-refractivity contribution in [2.24, 2.45) is 0 Å². The van der Waals surface area contributed by atoms with Crippen LogP contribution in [0.2, 0.25) is 0 Å². The van der Waals surface area contributed by atoms with Gasteiger partial charge in [0, 0.05) is 27.1 Å². The highest BCUT2D eigenvalue weighted by atomic mass is 15.0. The van der Waals surface area contributed by atoms with Gasteiger partial charge in [0.1, 0.15) is 6.07 Å². The quantitative estimate of drug-likeness (QED) is 0.178. The molecule has 0 saturated carbocycles. The first-order valence-corrected chi connectivity index (χ1v) is 18.8. The van der Waals surface area contributed by atoms with Crippen molar-refractivity contribution in [1.82, 2.24) is 9.13 Å². The summed E-state index contributed by atoms with van der Waals surface area (Å²) in [5.41, 5.74) is 15.7. The second-order valence-corrected chi connectivity index (χ2v) is 14.5. The Morgan fingerprint density at radius 1 is 0.375 bits per heavy atom. The fourth-order valence-electron chi connectivity index (χ4n) is 8.61. The van der Waals surface area contributed by atoms with Gasteiger partial charge in [-0.1, -0.05) is 121 Å². The van der Waals surface area contributed by atoms with Gasteiger partial charge in [-0.2, -0.15) is 10.5 Å². The minimum absolute atomic E-state index is 0.546. The van der Waals surface area contributed by atoms with Crippen molar-refractivity contribution in [2.75, 3.05) is 0 Å². The SMILES string of the molecule is Cc1ccccc1-c1ccc2c3ccccc3n(-c3cc(-c4cccc(C#N)c4)c(-n4c5ccccc5c5ccc(-c6ccccc6C)cc54)cc3C#N)c2c1. The van der Waals surface area contributed by atoms with Crippen LogP contribution in [0.5, 0.6) is 0 Å². The maximum Gasteiger partial charge on any atom is 0.101 e. The second kappa shape index (κ2) is 13.0. The van der Waals surface area contributed by atoms with Crippen molar-refractivity contribution in [1.29, 1.82) is 10.5 Å². The smallest absolute Gasteiger partial charge is 0.101 e. The summed E-state index contributed by atoms with van der Waals surface area (Å²) in [7, 11) is 0. The highest BCUT2D eigenvalue weighted by Crippen LogP contribution is 2.42. The molecule has 0 radical (unpaired) electrons. The molecule has 0 aliphatic rings. The van der Waals surface area contributed by atoms with Crippen molar-refractivity contribution >= 4 is 43.6 Å². The Kier molecular flexibility index (Phi) is 7.66. The summed E-state index contributed by atoms with van der Waals surface area (Å²) in [5, 5.41) is 25.7. The molecule has 10 aromatic rings. The topological polar surface area (TPSA) is 57.4 Å². The number of hydrogen-bond donors (Lipinski definition) is 0. The van der Waals surface area contributed by atoms with Crippen LogP contribution in [0.15, 0.2) is 170 Å². The molecule has 262 valence electrons. The molecule has 0 fully saturated rings. The standard InChI is InChI=1S/C52H34N4/c1-33-12-3-5-16-40(33)37-22-24-44-42-18-7-9-20-47(42)55(50(44)27-37)49-30-46(36-15-11-14-35(26-36)31-53)52(29-39(49)32-54)56-48-21-10-8-19-43(48)45-25-23-38(28-51(45)56)41-17-6-4-13-34(41)2/h3-30H,1-2H3. The molecule has 0 N–H and O–H groups in total. The van der Waals surface area contributed by atoms with Gasteiger partial charge in [0.25, 0.3) is 0 Å². The first-order chi connectivity index (χ1) is 27.5. The maximum absolute atomic E-state index is 11.1. The molecule has 0 bridgehead atoms. The van der Waals surface area contributed by atoms with Crippen LogP contribution in [0.1, 0.15) is 22.3 Å². The summed E-state index contributed by atoms with van der Waals surface area (Å²) < 4.78 is 4.54. The summed E-state index contributed by atoms with van der Waals surface area (Å²) in [4.78, 5) is 0. The van der Waals surface area contributed by atoms with E-state index in [2.05, 4.69) is 181 Å². The molecule has 0 amide bonds. The summed E-state index contributed by atoms with van der Waals surface area (Å²) in [6.45, 7) is 4.29. The molecule has 10 rings (SSSR count).